The molecule has 4 rings (SSSR count). The summed E-state index contributed by atoms with van der Waals surface area (Å²) < 4.78 is 1.68. The molecule has 30 heavy (non-hydrogen) atoms. The number of carbonyl (C=O) groups is 2. The van der Waals surface area contributed by atoms with Crippen molar-refractivity contribution < 1.29 is 9.59 Å². The van der Waals surface area contributed by atoms with Crippen molar-refractivity contribution in [2.45, 2.75) is 18.0 Å². The van der Waals surface area contributed by atoms with E-state index in [0.29, 0.717) is 11.4 Å². The molecule has 0 atom stereocenters. The molecule has 4 aromatic heterocycles. The quantitative estimate of drug-likeness (QED) is 0.256. The highest BCUT2D eigenvalue weighted by Gasteiger charge is 2.14. The van der Waals surface area contributed by atoms with Gasteiger partial charge in [-0.15, -0.1) is 11.3 Å². The van der Waals surface area contributed by atoms with E-state index in [2.05, 4.69) is 25.4 Å². The van der Waals surface area contributed by atoms with Crippen LogP contribution in [-0.4, -0.2) is 42.2 Å². The van der Waals surface area contributed by atoms with Gasteiger partial charge in [-0.1, -0.05) is 17.8 Å². The van der Waals surface area contributed by atoms with Gasteiger partial charge in [0.25, 0.3) is 0 Å². The van der Waals surface area contributed by atoms with E-state index in [1.54, 1.807) is 35.4 Å². The number of thiophene rings is 1. The van der Waals surface area contributed by atoms with Crippen LogP contribution >= 0.6 is 23.1 Å². The highest BCUT2D eigenvalue weighted by molar-refractivity contribution is 8.00. The van der Waals surface area contributed by atoms with Gasteiger partial charge in [-0.3, -0.25) is 19.3 Å². The lowest BCUT2D eigenvalue weighted by molar-refractivity contribution is -0.120. The van der Waals surface area contributed by atoms with E-state index in [-0.39, 0.29) is 23.9 Å². The van der Waals surface area contributed by atoms with Crippen molar-refractivity contribution in [3.63, 3.8) is 0 Å². The maximum absolute atomic E-state index is 12.6. The second-order valence-corrected chi connectivity index (χ2v) is 8.61. The van der Waals surface area contributed by atoms with Crippen LogP contribution in [0.4, 0.5) is 0 Å². The second kappa shape index (κ2) is 9.14. The van der Waals surface area contributed by atoms with E-state index in [1.807, 2.05) is 19.2 Å². The third-order valence-electron chi connectivity index (χ3n) is 4.32. The summed E-state index contributed by atoms with van der Waals surface area (Å²) in [6.45, 7) is 0.395. The minimum Gasteiger partial charge on any atom is -0.351 e. The Hall–Kier alpha value is -3.11. The fourth-order valence-corrected chi connectivity index (χ4v) is 4.64. The lowest BCUT2D eigenvalue weighted by Gasteiger charge is -2.03. The molecule has 8 nitrogen and oxygen atoms in total. The predicted octanol–water partition coefficient (Wildman–Crippen LogP) is 2.65. The van der Waals surface area contributed by atoms with Crippen LogP contribution in [0, 0.1) is 0 Å². The van der Waals surface area contributed by atoms with Crippen molar-refractivity contribution in [1.82, 2.24) is 30.0 Å². The average Bonchev–Trinajstić information content (AvgIpc) is 3.39. The number of nitrogens with one attached hydrogen (secondary N) is 1. The minimum absolute atomic E-state index is 0.0218. The van der Waals surface area contributed by atoms with Crippen LogP contribution in [-0.2, 0) is 24.8 Å². The van der Waals surface area contributed by atoms with E-state index >= 15 is 0 Å². The summed E-state index contributed by atoms with van der Waals surface area (Å²) >= 11 is 2.76. The number of pyridine rings is 1. The zero-order chi connectivity index (χ0) is 20.9. The highest BCUT2D eigenvalue weighted by Crippen LogP contribution is 2.26. The first-order valence-corrected chi connectivity index (χ1v) is 10.9. The summed E-state index contributed by atoms with van der Waals surface area (Å²) in [7, 11) is 1.82. The van der Waals surface area contributed by atoms with Gasteiger partial charge >= 0.3 is 0 Å². The molecule has 0 unspecified atom stereocenters. The van der Waals surface area contributed by atoms with Crippen LogP contribution in [0.2, 0.25) is 0 Å². The number of aryl methyl sites for hydroxylation is 1. The van der Waals surface area contributed by atoms with Crippen molar-refractivity contribution in [3.8, 4) is 0 Å². The highest BCUT2D eigenvalue weighted by atomic mass is 32.2. The van der Waals surface area contributed by atoms with Gasteiger partial charge < -0.3 is 5.32 Å². The first kappa shape index (κ1) is 20.2. The SMILES string of the molecule is Cn1ncc2c(SCC(=O)c3ccc(CNC(=O)Cc4cccnc4)s3)ncnc21. The summed E-state index contributed by atoms with van der Waals surface area (Å²) in [5.74, 6) is 0.214. The standard InChI is InChI=1S/C20H18N6O2S2/c1-26-19-15(10-25-26)20(24-12-23-19)29-11-16(27)17-5-4-14(30-17)9-22-18(28)7-13-3-2-6-21-8-13/h2-6,8,10,12H,7,9,11H2,1H3,(H,22,28). The Morgan fingerprint density at radius 3 is 2.93 bits per heavy atom. The zero-order valence-corrected chi connectivity index (χ0v) is 17.7. The molecule has 1 N–H and O–H groups in total. The topological polar surface area (TPSA) is 103 Å². The van der Waals surface area contributed by atoms with Crippen molar-refractivity contribution in [2.75, 3.05) is 5.75 Å². The number of hydrogen-bond acceptors (Lipinski definition) is 8. The molecule has 0 fully saturated rings. The Morgan fingerprint density at radius 2 is 2.10 bits per heavy atom. The smallest absolute Gasteiger partial charge is 0.224 e. The van der Waals surface area contributed by atoms with Crippen molar-refractivity contribution >= 4 is 45.8 Å². The fraction of sp³-hybridized carbons (Fsp3) is 0.200. The Labute approximate surface area is 180 Å². The molecule has 10 heteroatoms. The summed E-state index contributed by atoms with van der Waals surface area (Å²) in [6, 6.07) is 7.34. The maximum atomic E-state index is 12.6. The summed E-state index contributed by atoms with van der Waals surface area (Å²) in [6.07, 6.45) is 6.82. The van der Waals surface area contributed by atoms with Crippen LogP contribution in [0.3, 0.4) is 0 Å². The number of Topliss-reactive ketones (excluding diaryl/α,β-unsaturated/α-hetero) is 1. The first-order valence-electron chi connectivity index (χ1n) is 9.13. The van der Waals surface area contributed by atoms with E-state index in [1.165, 1.54) is 29.4 Å². The van der Waals surface area contributed by atoms with E-state index < -0.39 is 0 Å². The van der Waals surface area contributed by atoms with Crippen LogP contribution in [0.15, 0.2) is 54.2 Å². The molecule has 0 aliphatic heterocycles. The van der Waals surface area contributed by atoms with Gasteiger partial charge in [0.15, 0.2) is 11.4 Å². The molecule has 0 saturated carbocycles. The van der Waals surface area contributed by atoms with Gasteiger partial charge in [-0.25, -0.2) is 9.97 Å². The van der Waals surface area contributed by atoms with Crippen LogP contribution in [0.1, 0.15) is 20.1 Å². The molecule has 0 aliphatic carbocycles. The number of rotatable bonds is 8. The Morgan fingerprint density at radius 1 is 1.20 bits per heavy atom. The second-order valence-electron chi connectivity index (χ2n) is 6.48. The third-order valence-corrected chi connectivity index (χ3v) is 6.45. The fourth-order valence-electron chi connectivity index (χ4n) is 2.82. The molecular weight excluding hydrogens is 420 g/mol. The lowest BCUT2D eigenvalue weighted by Crippen LogP contribution is -2.24. The molecule has 0 aliphatic rings. The number of carbonyl (C=O) groups excluding carboxylic acids is 2. The molecule has 4 heterocycles. The third kappa shape index (κ3) is 4.71. The van der Waals surface area contributed by atoms with Gasteiger partial charge in [-0.05, 0) is 23.8 Å². The summed E-state index contributed by atoms with van der Waals surface area (Å²) in [5, 5.41) is 8.64. The molecule has 0 bridgehead atoms. The monoisotopic (exact) mass is 438 g/mol. The van der Waals surface area contributed by atoms with Gasteiger partial charge in [0.1, 0.15) is 11.4 Å². The summed E-state index contributed by atoms with van der Waals surface area (Å²) in [4.78, 5) is 38.7. The summed E-state index contributed by atoms with van der Waals surface area (Å²) in [5.41, 5.74) is 1.60. The number of aromatic nitrogens is 5. The minimum atomic E-state index is -0.0796. The van der Waals surface area contributed by atoms with E-state index in [9.17, 15) is 9.59 Å². The van der Waals surface area contributed by atoms with Gasteiger partial charge in [0, 0.05) is 24.3 Å². The van der Waals surface area contributed by atoms with Crippen LogP contribution in [0.25, 0.3) is 11.0 Å². The largest absolute Gasteiger partial charge is 0.351 e. The maximum Gasteiger partial charge on any atom is 0.224 e. The first-order chi connectivity index (χ1) is 14.6. The molecule has 0 spiro atoms. The molecule has 1 amide bonds. The van der Waals surface area contributed by atoms with Crippen molar-refractivity contribution in [3.05, 3.63) is 64.5 Å². The molecule has 0 radical (unpaired) electrons. The number of nitrogens with zero attached hydrogens (tertiary/aromatic N) is 5. The Bertz CT molecular complexity index is 1190. The van der Waals surface area contributed by atoms with Gasteiger partial charge in [0.05, 0.1) is 35.2 Å². The molecule has 4 aromatic rings. The zero-order valence-electron chi connectivity index (χ0n) is 16.1. The van der Waals surface area contributed by atoms with E-state index in [4.69, 9.17) is 0 Å². The molecule has 0 aromatic carbocycles. The molecular formula is C20H18N6O2S2. The van der Waals surface area contributed by atoms with Crippen molar-refractivity contribution in [1.29, 1.82) is 0 Å². The number of ketones is 1. The molecule has 0 saturated heterocycles. The molecule has 152 valence electrons. The number of fused-ring (bicyclic) bond motifs is 1. The van der Waals surface area contributed by atoms with Crippen LogP contribution < -0.4 is 5.32 Å². The number of amides is 1. The lowest BCUT2D eigenvalue weighted by atomic mass is 10.2. The number of thioether (sulfide) groups is 1. The number of hydrogen-bond donors (Lipinski definition) is 1. The average molecular weight is 439 g/mol. The Kier molecular flexibility index (Phi) is 6.15. The Balaban J connectivity index is 1.31. The van der Waals surface area contributed by atoms with Crippen molar-refractivity contribution in [2.24, 2.45) is 7.05 Å². The van der Waals surface area contributed by atoms with Gasteiger partial charge in [0.2, 0.25) is 5.91 Å². The van der Waals surface area contributed by atoms with Gasteiger partial charge in [-0.2, -0.15) is 5.10 Å². The normalized spacial score (nSPS) is 11.0. The predicted molar refractivity (Wildman–Crippen MR) is 115 cm³/mol. The van der Waals surface area contributed by atoms with E-state index in [0.717, 1.165) is 26.5 Å². The van der Waals surface area contributed by atoms with Crippen LogP contribution in [0.5, 0.6) is 0 Å².